The van der Waals surface area contributed by atoms with Crippen molar-refractivity contribution >= 4 is 33.4 Å². The van der Waals surface area contributed by atoms with Crippen LogP contribution < -0.4 is 10.6 Å². The molecule has 0 bridgehead atoms. The van der Waals surface area contributed by atoms with E-state index in [1.807, 2.05) is 41.2 Å². The first-order chi connectivity index (χ1) is 13.7. The number of hydrogen-bond donors (Lipinski definition) is 2. The van der Waals surface area contributed by atoms with Gasteiger partial charge in [0, 0.05) is 36.9 Å². The number of hydrogen-bond acceptors (Lipinski definition) is 5. The summed E-state index contributed by atoms with van der Waals surface area (Å²) >= 11 is 1.50. The summed E-state index contributed by atoms with van der Waals surface area (Å²) < 4.78 is 2.84. The van der Waals surface area contributed by atoms with Crippen molar-refractivity contribution in [1.82, 2.24) is 25.2 Å². The van der Waals surface area contributed by atoms with Gasteiger partial charge in [0.15, 0.2) is 5.13 Å². The molecule has 0 fully saturated rings. The average Bonchev–Trinajstić information content (AvgIpc) is 3.40. The number of carbonyl (C=O) groups is 2. The molecule has 0 radical (unpaired) electrons. The number of amides is 2. The minimum absolute atomic E-state index is 0.0888. The normalized spacial score (nSPS) is 10.7. The Morgan fingerprint density at radius 1 is 1.07 bits per heavy atom. The van der Waals surface area contributed by atoms with Crippen LogP contribution in [0.25, 0.3) is 15.3 Å². The van der Waals surface area contributed by atoms with Crippen molar-refractivity contribution in [3.05, 3.63) is 78.4 Å². The summed E-state index contributed by atoms with van der Waals surface area (Å²) in [5.41, 5.74) is 2.23. The van der Waals surface area contributed by atoms with Crippen molar-refractivity contribution < 1.29 is 9.59 Å². The van der Waals surface area contributed by atoms with Gasteiger partial charge in [0.1, 0.15) is 0 Å². The molecule has 1 aromatic carbocycles. The van der Waals surface area contributed by atoms with E-state index in [0.29, 0.717) is 12.1 Å². The zero-order valence-corrected chi connectivity index (χ0v) is 15.6. The molecule has 3 aromatic heterocycles. The van der Waals surface area contributed by atoms with Crippen molar-refractivity contribution in [1.29, 1.82) is 0 Å². The molecular weight excluding hydrogens is 374 g/mol. The SMILES string of the molecule is O=C(CNC(=O)c1ccc2nc(-n3cccc3)sc2c1)NCc1cccnc1. The minimum Gasteiger partial charge on any atom is -0.350 e. The molecule has 0 unspecified atom stereocenters. The minimum atomic E-state index is -0.297. The second kappa shape index (κ2) is 8.01. The molecule has 3 heterocycles. The summed E-state index contributed by atoms with van der Waals surface area (Å²) in [5.74, 6) is -0.555. The topological polar surface area (TPSA) is 88.9 Å². The van der Waals surface area contributed by atoms with E-state index in [-0.39, 0.29) is 18.4 Å². The Bertz CT molecular complexity index is 1110. The lowest BCUT2D eigenvalue weighted by atomic mass is 10.2. The lowest BCUT2D eigenvalue weighted by Crippen LogP contribution is -2.36. The lowest BCUT2D eigenvalue weighted by molar-refractivity contribution is -0.120. The van der Waals surface area contributed by atoms with Gasteiger partial charge in [-0.15, -0.1) is 0 Å². The Morgan fingerprint density at radius 3 is 2.71 bits per heavy atom. The molecule has 8 heteroatoms. The molecule has 4 aromatic rings. The van der Waals surface area contributed by atoms with Crippen molar-refractivity contribution in [3.63, 3.8) is 0 Å². The van der Waals surface area contributed by atoms with Gasteiger partial charge in [-0.3, -0.25) is 14.6 Å². The lowest BCUT2D eigenvalue weighted by Gasteiger charge is -2.07. The molecule has 0 saturated carbocycles. The molecule has 0 spiro atoms. The zero-order valence-electron chi connectivity index (χ0n) is 14.8. The molecule has 0 aliphatic rings. The van der Waals surface area contributed by atoms with Crippen LogP contribution >= 0.6 is 11.3 Å². The third kappa shape index (κ3) is 4.07. The van der Waals surface area contributed by atoms with Crippen molar-refractivity contribution in [2.75, 3.05) is 6.54 Å². The van der Waals surface area contributed by atoms with Crippen molar-refractivity contribution in [2.24, 2.45) is 0 Å². The highest BCUT2D eigenvalue weighted by molar-refractivity contribution is 7.20. The first-order valence-electron chi connectivity index (χ1n) is 8.67. The Morgan fingerprint density at radius 2 is 1.93 bits per heavy atom. The van der Waals surface area contributed by atoms with Gasteiger partial charge in [0.25, 0.3) is 5.91 Å². The van der Waals surface area contributed by atoms with Crippen LogP contribution in [0.1, 0.15) is 15.9 Å². The molecule has 2 amide bonds. The largest absolute Gasteiger partial charge is 0.350 e. The van der Waals surface area contributed by atoms with Crippen LogP contribution in [-0.2, 0) is 11.3 Å². The Hall–Kier alpha value is -3.52. The first-order valence-corrected chi connectivity index (χ1v) is 9.48. The zero-order chi connectivity index (χ0) is 19.3. The van der Waals surface area contributed by atoms with Crippen LogP contribution in [0.4, 0.5) is 0 Å². The number of thiazole rings is 1. The van der Waals surface area contributed by atoms with Gasteiger partial charge in [-0.1, -0.05) is 17.4 Å². The number of nitrogens with one attached hydrogen (secondary N) is 2. The molecular formula is C20H17N5O2S. The van der Waals surface area contributed by atoms with E-state index in [2.05, 4.69) is 20.6 Å². The number of benzene rings is 1. The molecule has 2 N–H and O–H groups in total. The predicted molar refractivity (Wildman–Crippen MR) is 107 cm³/mol. The van der Waals surface area contributed by atoms with E-state index in [1.165, 1.54) is 11.3 Å². The van der Waals surface area contributed by atoms with Crippen LogP contribution in [0.3, 0.4) is 0 Å². The van der Waals surface area contributed by atoms with Gasteiger partial charge in [-0.05, 0) is 42.0 Å². The summed E-state index contributed by atoms with van der Waals surface area (Å²) in [6, 6.07) is 12.9. The van der Waals surface area contributed by atoms with Crippen LogP contribution in [0.5, 0.6) is 0 Å². The Balaban J connectivity index is 1.36. The number of rotatable bonds is 6. The maximum absolute atomic E-state index is 12.4. The summed E-state index contributed by atoms with van der Waals surface area (Å²) in [6.45, 7) is 0.284. The number of pyridine rings is 1. The smallest absolute Gasteiger partial charge is 0.251 e. The fourth-order valence-corrected chi connectivity index (χ4v) is 3.63. The maximum Gasteiger partial charge on any atom is 0.251 e. The van der Waals surface area contributed by atoms with E-state index >= 15 is 0 Å². The molecule has 140 valence electrons. The number of aromatic nitrogens is 3. The second-order valence-corrected chi connectivity index (χ2v) is 7.10. The monoisotopic (exact) mass is 391 g/mol. The molecule has 28 heavy (non-hydrogen) atoms. The standard InChI is InChI=1S/C20H17N5O2S/c26-18(22-12-14-4-3-7-21-11-14)13-23-19(27)15-5-6-16-17(10-15)28-20(24-16)25-8-1-2-9-25/h1-11H,12-13H2,(H,22,26)(H,23,27). The summed E-state index contributed by atoms with van der Waals surface area (Å²) in [6.07, 6.45) is 7.21. The molecule has 0 saturated heterocycles. The Labute approximate surface area is 165 Å². The summed E-state index contributed by atoms with van der Waals surface area (Å²) in [7, 11) is 0. The quantitative estimate of drug-likeness (QED) is 0.529. The summed E-state index contributed by atoms with van der Waals surface area (Å²) in [5, 5.41) is 6.24. The number of fused-ring (bicyclic) bond motifs is 1. The molecule has 4 rings (SSSR count). The van der Waals surface area contributed by atoms with Crippen LogP contribution in [0.2, 0.25) is 0 Å². The summed E-state index contributed by atoms with van der Waals surface area (Å²) in [4.78, 5) is 32.9. The fourth-order valence-electron chi connectivity index (χ4n) is 2.65. The van der Waals surface area contributed by atoms with Crippen LogP contribution in [-0.4, -0.2) is 32.9 Å². The molecule has 0 aliphatic heterocycles. The third-order valence-electron chi connectivity index (χ3n) is 4.09. The maximum atomic E-state index is 12.4. The second-order valence-electron chi connectivity index (χ2n) is 6.09. The van der Waals surface area contributed by atoms with E-state index in [1.54, 1.807) is 30.6 Å². The number of carbonyl (C=O) groups excluding carboxylic acids is 2. The highest BCUT2D eigenvalue weighted by Gasteiger charge is 2.11. The third-order valence-corrected chi connectivity index (χ3v) is 5.12. The van der Waals surface area contributed by atoms with E-state index in [9.17, 15) is 9.59 Å². The number of nitrogens with zero attached hydrogens (tertiary/aromatic N) is 3. The van der Waals surface area contributed by atoms with Gasteiger partial charge < -0.3 is 15.2 Å². The van der Waals surface area contributed by atoms with Crippen LogP contribution in [0.15, 0.2) is 67.3 Å². The Kier molecular flexibility index (Phi) is 5.11. The fraction of sp³-hybridized carbons (Fsp3) is 0.100. The van der Waals surface area contributed by atoms with Crippen LogP contribution in [0, 0.1) is 0 Å². The highest BCUT2D eigenvalue weighted by atomic mass is 32.1. The van der Waals surface area contributed by atoms with E-state index in [0.717, 1.165) is 20.9 Å². The van der Waals surface area contributed by atoms with E-state index in [4.69, 9.17) is 0 Å². The van der Waals surface area contributed by atoms with Gasteiger partial charge in [0.05, 0.1) is 16.8 Å². The molecule has 0 atom stereocenters. The van der Waals surface area contributed by atoms with Gasteiger partial charge in [0.2, 0.25) is 5.91 Å². The molecule has 7 nitrogen and oxygen atoms in total. The first kappa shape index (κ1) is 17.9. The highest BCUT2D eigenvalue weighted by Crippen LogP contribution is 2.25. The van der Waals surface area contributed by atoms with Gasteiger partial charge in [-0.25, -0.2) is 4.98 Å². The predicted octanol–water partition coefficient (Wildman–Crippen LogP) is 2.53. The molecule has 0 aliphatic carbocycles. The van der Waals surface area contributed by atoms with Gasteiger partial charge >= 0.3 is 0 Å². The van der Waals surface area contributed by atoms with Crippen molar-refractivity contribution in [3.8, 4) is 5.13 Å². The van der Waals surface area contributed by atoms with E-state index < -0.39 is 0 Å². The average molecular weight is 391 g/mol. The van der Waals surface area contributed by atoms with Crippen molar-refractivity contribution in [2.45, 2.75) is 6.54 Å². The van der Waals surface area contributed by atoms with Gasteiger partial charge in [-0.2, -0.15) is 0 Å².